The monoisotopic (exact) mass is 404 g/mol. The van der Waals surface area contributed by atoms with Crippen LogP contribution < -0.4 is 20.7 Å². The van der Waals surface area contributed by atoms with Crippen LogP contribution >= 0.6 is 0 Å². The van der Waals surface area contributed by atoms with Crippen LogP contribution in [0.3, 0.4) is 0 Å². The zero-order chi connectivity index (χ0) is 20.9. The van der Waals surface area contributed by atoms with E-state index in [2.05, 4.69) is 29.4 Å². The fourth-order valence-corrected chi connectivity index (χ4v) is 3.18. The second kappa shape index (κ2) is 8.85. The summed E-state index contributed by atoms with van der Waals surface area (Å²) in [6, 6.07) is 10.8. The molecule has 0 spiro atoms. The van der Waals surface area contributed by atoms with E-state index in [0.29, 0.717) is 5.69 Å². The van der Waals surface area contributed by atoms with E-state index in [-0.39, 0.29) is 10.6 Å². The van der Waals surface area contributed by atoms with Crippen molar-refractivity contribution in [2.75, 3.05) is 28.6 Å². The molecule has 2 aromatic carbocycles. The summed E-state index contributed by atoms with van der Waals surface area (Å²) in [5, 5.41) is 10.0. The first-order valence-corrected chi connectivity index (χ1v) is 10.3. The van der Waals surface area contributed by atoms with E-state index in [1.165, 1.54) is 24.3 Å². The van der Waals surface area contributed by atoms with Crippen LogP contribution in [-0.2, 0) is 19.6 Å². The van der Waals surface area contributed by atoms with Gasteiger partial charge in [-0.2, -0.15) is 0 Å². The lowest BCUT2D eigenvalue weighted by Gasteiger charge is -2.22. The van der Waals surface area contributed by atoms with Crippen molar-refractivity contribution >= 4 is 38.9 Å². The van der Waals surface area contributed by atoms with Crippen LogP contribution in [0.1, 0.15) is 19.4 Å². The molecule has 0 unspecified atom stereocenters. The molecule has 4 N–H and O–H groups in total. The van der Waals surface area contributed by atoms with Gasteiger partial charge in [0.1, 0.15) is 0 Å². The summed E-state index contributed by atoms with van der Waals surface area (Å²) in [7, 11) is -3.82. The Kier molecular flexibility index (Phi) is 6.76. The highest BCUT2D eigenvalue weighted by Crippen LogP contribution is 2.22. The van der Waals surface area contributed by atoms with Gasteiger partial charge in [-0.25, -0.2) is 13.6 Å². The quantitative estimate of drug-likeness (QED) is 0.636. The Morgan fingerprint density at radius 1 is 0.964 bits per heavy atom. The number of carbonyl (C=O) groups is 2. The number of anilines is 3. The highest BCUT2D eigenvalue weighted by molar-refractivity contribution is 7.89. The first-order chi connectivity index (χ1) is 13.2. The maximum atomic E-state index is 12.2. The molecule has 0 aliphatic carbocycles. The van der Waals surface area contributed by atoms with E-state index in [0.717, 1.165) is 24.3 Å². The molecule has 0 aliphatic rings. The molecule has 150 valence electrons. The van der Waals surface area contributed by atoms with Crippen molar-refractivity contribution in [3.05, 3.63) is 48.0 Å². The molecule has 2 aromatic rings. The van der Waals surface area contributed by atoms with Crippen molar-refractivity contribution < 1.29 is 18.0 Å². The standard InChI is InChI=1S/C19H24N4O4S/c1-4-23(5-2)15-8-11-17(13(3)12-15)22-19(25)18(24)21-14-6-9-16(10-7-14)28(20,26)27/h6-12H,4-5H2,1-3H3,(H,21,24)(H,22,25)(H2,20,26,27). The number of amides is 2. The minimum absolute atomic E-state index is 0.0844. The lowest BCUT2D eigenvalue weighted by molar-refractivity contribution is -0.133. The van der Waals surface area contributed by atoms with Gasteiger partial charge in [-0.3, -0.25) is 9.59 Å². The number of aryl methyl sites for hydroxylation is 1. The fraction of sp³-hybridized carbons (Fsp3) is 0.263. The summed E-state index contributed by atoms with van der Waals surface area (Å²) >= 11 is 0. The van der Waals surface area contributed by atoms with Crippen LogP contribution in [0.2, 0.25) is 0 Å². The van der Waals surface area contributed by atoms with E-state index >= 15 is 0 Å². The molecule has 0 heterocycles. The molecule has 0 fully saturated rings. The Morgan fingerprint density at radius 3 is 2.04 bits per heavy atom. The number of hydrogen-bond donors (Lipinski definition) is 3. The first-order valence-electron chi connectivity index (χ1n) is 8.76. The molecule has 0 radical (unpaired) electrons. The Bertz CT molecular complexity index is 968. The number of primary sulfonamides is 1. The van der Waals surface area contributed by atoms with Crippen LogP contribution in [-0.4, -0.2) is 33.3 Å². The van der Waals surface area contributed by atoms with Crippen molar-refractivity contribution in [2.24, 2.45) is 5.14 Å². The number of sulfonamides is 1. The van der Waals surface area contributed by atoms with Gasteiger partial charge < -0.3 is 15.5 Å². The van der Waals surface area contributed by atoms with Crippen molar-refractivity contribution in [2.45, 2.75) is 25.7 Å². The fourth-order valence-electron chi connectivity index (χ4n) is 2.67. The smallest absolute Gasteiger partial charge is 0.314 e. The Hall–Kier alpha value is -2.91. The van der Waals surface area contributed by atoms with Crippen LogP contribution in [0.15, 0.2) is 47.4 Å². The topological polar surface area (TPSA) is 122 Å². The van der Waals surface area contributed by atoms with Crippen molar-refractivity contribution in [3.8, 4) is 0 Å². The van der Waals surface area contributed by atoms with Gasteiger partial charge in [0.05, 0.1) is 4.90 Å². The average molecular weight is 404 g/mol. The summed E-state index contributed by atoms with van der Waals surface area (Å²) in [4.78, 5) is 26.4. The van der Waals surface area contributed by atoms with Crippen LogP contribution in [0.25, 0.3) is 0 Å². The largest absolute Gasteiger partial charge is 0.372 e. The molecule has 0 aromatic heterocycles. The predicted octanol–water partition coefficient (Wildman–Crippen LogP) is 2.07. The summed E-state index contributed by atoms with van der Waals surface area (Å²) in [5.74, 6) is -1.69. The minimum atomic E-state index is -3.82. The number of carbonyl (C=O) groups excluding carboxylic acids is 2. The third-order valence-corrected chi connectivity index (χ3v) is 5.16. The number of nitrogens with zero attached hydrogens (tertiary/aromatic N) is 1. The lowest BCUT2D eigenvalue weighted by atomic mass is 10.1. The highest BCUT2D eigenvalue weighted by Gasteiger charge is 2.16. The third kappa shape index (κ3) is 5.30. The second-order valence-corrected chi connectivity index (χ2v) is 7.71. The number of benzene rings is 2. The van der Waals surface area contributed by atoms with Gasteiger partial charge in [-0.1, -0.05) is 0 Å². The molecule has 9 heteroatoms. The van der Waals surface area contributed by atoms with Gasteiger partial charge in [0.25, 0.3) is 0 Å². The van der Waals surface area contributed by atoms with Gasteiger partial charge in [-0.05, 0) is 68.8 Å². The van der Waals surface area contributed by atoms with E-state index in [9.17, 15) is 18.0 Å². The first kappa shape index (κ1) is 21.4. The van der Waals surface area contributed by atoms with E-state index < -0.39 is 21.8 Å². The van der Waals surface area contributed by atoms with Crippen molar-refractivity contribution in [3.63, 3.8) is 0 Å². The van der Waals surface area contributed by atoms with E-state index in [4.69, 9.17) is 5.14 Å². The van der Waals surface area contributed by atoms with E-state index in [1.54, 1.807) is 6.07 Å². The molecule has 0 aliphatic heterocycles. The normalized spacial score (nSPS) is 11.0. The summed E-state index contributed by atoms with van der Waals surface area (Å²) in [6.07, 6.45) is 0. The molecule has 2 rings (SSSR count). The van der Waals surface area contributed by atoms with Crippen molar-refractivity contribution in [1.82, 2.24) is 0 Å². The van der Waals surface area contributed by atoms with Crippen molar-refractivity contribution in [1.29, 1.82) is 0 Å². The Balaban J connectivity index is 2.05. The molecule has 0 saturated carbocycles. The van der Waals surface area contributed by atoms with E-state index in [1.807, 2.05) is 19.1 Å². The zero-order valence-corrected chi connectivity index (χ0v) is 16.8. The number of nitrogens with two attached hydrogens (primary N) is 1. The lowest BCUT2D eigenvalue weighted by Crippen LogP contribution is -2.29. The maximum Gasteiger partial charge on any atom is 0.314 e. The molecule has 0 saturated heterocycles. The molecule has 0 atom stereocenters. The molecular weight excluding hydrogens is 380 g/mol. The number of hydrogen-bond acceptors (Lipinski definition) is 5. The number of nitrogens with one attached hydrogen (secondary N) is 2. The SMILES string of the molecule is CCN(CC)c1ccc(NC(=O)C(=O)Nc2ccc(S(N)(=O)=O)cc2)c(C)c1. The Morgan fingerprint density at radius 2 is 1.54 bits per heavy atom. The second-order valence-electron chi connectivity index (χ2n) is 6.15. The third-order valence-electron chi connectivity index (χ3n) is 4.23. The highest BCUT2D eigenvalue weighted by atomic mass is 32.2. The molecule has 2 amide bonds. The average Bonchev–Trinajstić information content (AvgIpc) is 2.64. The molecular formula is C19H24N4O4S. The van der Waals surface area contributed by atoms with Gasteiger partial charge >= 0.3 is 11.8 Å². The molecule has 28 heavy (non-hydrogen) atoms. The summed E-state index contributed by atoms with van der Waals surface area (Å²) in [5.41, 5.74) is 2.70. The summed E-state index contributed by atoms with van der Waals surface area (Å²) in [6.45, 7) is 7.72. The Labute approximate surface area is 164 Å². The minimum Gasteiger partial charge on any atom is -0.372 e. The molecule has 0 bridgehead atoms. The number of rotatable bonds is 6. The predicted molar refractivity (Wildman–Crippen MR) is 110 cm³/mol. The van der Waals surface area contributed by atoms with Gasteiger partial charge in [0.15, 0.2) is 0 Å². The molecule has 8 nitrogen and oxygen atoms in total. The van der Waals surface area contributed by atoms with Crippen LogP contribution in [0.5, 0.6) is 0 Å². The maximum absolute atomic E-state index is 12.2. The van der Waals surface area contributed by atoms with Gasteiger partial charge in [-0.15, -0.1) is 0 Å². The van der Waals surface area contributed by atoms with Crippen LogP contribution in [0, 0.1) is 6.92 Å². The summed E-state index contributed by atoms with van der Waals surface area (Å²) < 4.78 is 22.5. The zero-order valence-electron chi connectivity index (χ0n) is 16.0. The van der Waals surface area contributed by atoms with Gasteiger partial charge in [0, 0.05) is 30.2 Å². The van der Waals surface area contributed by atoms with Crippen LogP contribution in [0.4, 0.5) is 17.1 Å². The van der Waals surface area contributed by atoms with Gasteiger partial charge in [0.2, 0.25) is 10.0 Å².